The second-order valence-corrected chi connectivity index (χ2v) is 7.22. The molecule has 1 saturated heterocycles. The molecule has 1 heterocycles. The van der Waals surface area contributed by atoms with Gasteiger partial charge in [-0.2, -0.15) is 0 Å². The van der Waals surface area contributed by atoms with Crippen LogP contribution < -0.4 is 5.32 Å². The number of urea groups is 1. The van der Waals surface area contributed by atoms with Crippen LogP contribution in [0.4, 0.5) is 10.5 Å². The number of piperazine rings is 1. The van der Waals surface area contributed by atoms with E-state index in [1.165, 1.54) is 12.0 Å². The minimum atomic E-state index is 0.0311. The van der Waals surface area contributed by atoms with Gasteiger partial charge in [0.1, 0.15) is 0 Å². The summed E-state index contributed by atoms with van der Waals surface area (Å²) in [6.45, 7) is 15.4. The predicted molar refractivity (Wildman–Crippen MR) is 97.1 cm³/mol. The number of aryl methyl sites for hydroxylation is 3. The molecular formula is C19H31N3O. The Morgan fingerprint density at radius 2 is 1.65 bits per heavy atom. The maximum absolute atomic E-state index is 12.5. The van der Waals surface area contributed by atoms with Crippen LogP contribution in [0.3, 0.4) is 0 Å². The van der Waals surface area contributed by atoms with Gasteiger partial charge in [0.25, 0.3) is 0 Å². The van der Waals surface area contributed by atoms with Crippen LogP contribution in [-0.2, 0) is 0 Å². The molecule has 1 aromatic carbocycles. The Labute approximate surface area is 140 Å². The van der Waals surface area contributed by atoms with Crippen molar-refractivity contribution in [2.75, 3.05) is 38.0 Å². The molecule has 23 heavy (non-hydrogen) atoms. The van der Waals surface area contributed by atoms with Gasteiger partial charge in [-0.15, -0.1) is 0 Å². The average molecular weight is 317 g/mol. The largest absolute Gasteiger partial charge is 0.322 e. The number of benzene rings is 1. The van der Waals surface area contributed by atoms with Gasteiger partial charge in [-0.25, -0.2) is 4.79 Å². The molecule has 4 heteroatoms. The van der Waals surface area contributed by atoms with Crippen LogP contribution in [-0.4, -0.2) is 48.6 Å². The summed E-state index contributed by atoms with van der Waals surface area (Å²) in [5.74, 6) is 0.740. The third kappa shape index (κ3) is 4.96. The molecule has 1 aliphatic rings. The fraction of sp³-hybridized carbons (Fsp3) is 0.632. The van der Waals surface area contributed by atoms with Crippen LogP contribution in [0.1, 0.15) is 37.0 Å². The Hall–Kier alpha value is -1.55. The molecule has 0 atom stereocenters. The summed E-state index contributed by atoms with van der Waals surface area (Å²) < 4.78 is 0. The van der Waals surface area contributed by atoms with Crippen molar-refractivity contribution in [3.8, 4) is 0 Å². The minimum Gasteiger partial charge on any atom is -0.322 e. The zero-order valence-corrected chi connectivity index (χ0v) is 15.3. The van der Waals surface area contributed by atoms with E-state index in [1.54, 1.807) is 0 Å². The van der Waals surface area contributed by atoms with E-state index in [4.69, 9.17) is 0 Å². The van der Waals surface area contributed by atoms with Gasteiger partial charge >= 0.3 is 6.03 Å². The molecule has 0 aromatic heterocycles. The number of carbonyl (C=O) groups excluding carboxylic acids is 1. The van der Waals surface area contributed by atoms with E-state index in [0.717, 1.165) is 55.5 Å². The number of nitrogens with one attached hydrogen (secondary N) is 1. The van der Waals surface area contributed by atoms with Gasteiger partial charge in [-0.3, -0.25) is 4.90 Å². The van der Waals surface area contributed by atoms with E-state index >= 15 is 0 Å². The number of anilines is 1. The van der Waals surface area contributed by atoms with E-state index in [2.05, 4.69) is 57.0 Å². The summed E-state index contributed by atoms with van der Waals surface area (Å²) in [5.41, 5.74) is 4.46. The first-order valence-electron chi connectivity index (χ1n) is 8.73. The van der Waals surface area contributed by atoms with E-state index in [-0.39, 0.29) is 6.03 Å². The molecule has 4 nitrogen and oxygen atoms in total. The average Bonchev–Trinajstić information content (AvgIpc) is 2.49. The Kier molecular flexibility index (Phi) is 6.05. The number of nitrogens with zero attached hydrogens (tertiary/aromatic N) is 2. The number of hydrogen-bond acceptors (Lipinski definition) is 2. The molecule has 2 rings (SSSR count). The van der Waals surface area contributed by atoms with Gasteiger partial charge in [-0.1, -0.05) is 31.5 Å². The van der Waals surface area contributed by atoms with Gasteiger partial charge in [0.2, 0.25) is 0 Å². The second kappa shape index (κ2) is 7.82. The standard InChI is InChI=1S/C19H31N3O/c1-14(2)6-7-21-8-10-22(11-9-21)19(23)20-18-16(4)12-15(3)13-17(18)5/h12-14H,6-11H2,1-5H3,(H,20,23). The highest BCUT2D eigenvalue weighted by atomic mass is 16.2. The van der Waals surface area contributed by atoms with Gasteiger partial charge in [0.15, 0.2) is 0 Å². The summed E-state index contributed by atoms with van der Waals surface area (Å²) in [5, 5.41) is 3.11. The highest BCUT2D eigenvalue weighted by molar-refractivity contribution is 5.91. The number of rotatable bonds is 4. The lowest BCUT2D eigenvalue weighted by Gasteiger charge is -2.35. The molecule has 0 aliphatic carbocycles. The Morgan fingerprint density at radius 3 is 2.17 bits per heavy atom. The maximum atomic E-state index is 12.5. The van der Waals surface area contributed by atoms with E-state index in [1.807, 2.05) is 4.90 Å². The normalized spacial score (nSPS) is 16.0. The minimum absolute atomic E-state index is 0.0311. The van der Waals surface area contributed by atoms with Gasteiger partial charge in [-0.05, 0) is 50.8 Å². The van der Waals surface area contributed by atoms with Crippen LogP contribution in [0.2, 0.25) is 0 Å². The Balaban J connectivity index is 1.88. The SMILES string of the molecule is Cc1cc(C)c(NC(=O)N2CCN(CCC(C)C)CC2)c(C)c1. The molecule has 1 aromatic rings. The van der Waals surface area contributed by atoms with Gasteiger partial charge in [0.05, 0.1) is 0 Å². The van der Waals surface area contributed by atoms with Crippen molar-refractivity contribution in [1.82, 2.24) is 9.80 Å². The van der Waals surface area contributed by atoms with Crippen LogP contribution in [0, 0.1) is 26.7 Å². The Bertz CT molecular complexity index is 523. The molecule has 0 spiro atoms. The van der Waals surface area contributed by atoms with Crippen LogP contribution >= 0.6 is 0 Å². The van der Waals surface area contributed by atoms with Crippen molar-refractivity contribution in [3.05, 3.63) is 28.8 Å². The Morgan fingerprint density at radius 1 is 1.09 bits per heavy atom. The first-order chi connectivity index (χ1) is 10.9. The van der Waals surface area contributed by atoms with Crippen molar-refractivity contribution in [2.24, 2.45) is 5.92 Å². The number of carbonyl (C=O) groups is 1. The monoisotopic (exact) mass is 317 g/mol. The van der Waals surface area contributed by atoms with Crippen molar-refractivity contribution >= 4 is 11.7 Å². The smallest absolute Gasteiger partial charge is 0.321 e. The third-order valence-electron chi connectivity index (χ3n) is 4.59. The number of hydrogen-bond donors (Lipinski definition) is 1. The molecule has 0 bridgehead atoms. The van der Waals surface area contributed by atoms with Crippen molar-refractivity contribution in [3.63, 3.8) is 0 Å². The lowest BCUT2D eigenvalue weighted by Crippen LogP contribution is -2.50. The molecule has 1 aliphatic heterocycles. The molecule has 0 saturated carbocycles. The van der Waals surface area contributed by atoms with E-state index < -0.39 is 0 Å². The third-order valence-corrected chi connectivity index (χ3v) is 4.59. The van der Waals surface area contributed by atoms with Crippen LogP contribution in [0.5, 0.6) is 0 Å². The van der Waals surface area contributed by atoms with Crippen LogP contribution in [0.25, 0.3) is 0 Å². The quantitative estimate of drug-likeness (QED) is 0.916. The first kappa shape index (κ1) is 17.8. The summed E-state index contributed by atoms with van der Waals surface area (Å²) in [4.78, 5) is 16.9. The highest BCUT2D eigenvalue weighted by Crippen LogP contribution is 2.22. The zero-order chi connectivity index (χ0) is 17.0. The van der Waals surface area contributed by atoms with Crippen molar-refractivity contribution in [1.29, 1.82) is 0 Å². The molecule has 1 fully saturated rings. The highest BCUT2D eigenvalue weighted by Gasteiger charge is 2.21. The van der Waals surface area contributed by atoms with E-state index in [0.29, 0.717) is 0 Å². The molecule has 0 unspecified atom stereocenters. The summed E-state index contributed by atoms with van der Waals surface area (Å²) in [6, 6.07) is 4.27. The summed E-state index contributed by atoms with van der Waals surface area (Å²) in [6.07, 6.45) is 1.23. The molecule has 2 amide bonds. The van der Waals surface area contributed by atoms with Crippen LogP contribution in [0.15, 0.2) is 12.1 Å². The molecule has 128 valence electrons. The molecule has 0 radical (unpaired) electrons. The summed E-state index contributed by atoms with van der Waals surface area (Å²) in [7, 11) is 0. The van der Waals surface area contributed by atoms with Crippen molar-refractivity contribution < 1.29 is 4.79 Å². The molecule has 1 N–H and O–H groups in total. The second-order valence-electron chi connectivity index (χ2n) is 7.22. The van der Waals surface area contributed by atoms with Gasteiger partial charge < -0.3 is 10.2 Å². The predicted octanol–water partition coefficient (Wildman–Crippen LogP) is 3.81. The van der Waals surface area contributed by atoms with Crippen molar-refractivity contribution in [2.45, 2.75) is 41.0 Å². The molecular weight excluding hydrogens is 286 g/mol. The number of amides is 2. The first-order valence-corrected chi connectivity index (χ1v) is 8.73. The van der Waals surface area contributed by atoms with E-state index in [9.17, 15) is 4.79 Å². The van der Waals surface area contributed by atoms with Gasteiger partial charge in [0, 0.05) is 31.9 Å². The fourth-order valence-corrected chi connectivity index (χ4v) is 3.18. The fourth-order valence-electron chi connectivity index (χ4n) is 3.18. The maximum Gasteiger partial charge on any atom is 0.321 e. The lowest BCUT2D eigenvalue weighted by atomic mass is 10.1. The lowest BCUT2D eigenvalue weighted by molar-refractivity contribution is 0.143. The topological polar surface area (TPSA) is 35.6 Å². The zero-order valence-electron chi connectivity index (χ0n) is 15.3. The summed E-state index contributed by atoms with van der Waals surface area (Å²) >= 11 is 0.